The Bertz CT molecular complexity index is 1340. The van der Waals surface area contributed by atoms with Crippen molar-refractivity contribution in [1.82, 2.24) is 25.2 Å². The van der Waals surface area contributed by atoms with Crippen LogP contribution < -0.4 is 5.32 Å². The molecule has 1 aliphatic rings. The van der Waals surface area contributed by atoms with E-state index in [9.17, 15) is 8.42 Å². The number of aromatic amines is 1. The summed E-state index contributed by atoms with van der Waals surface area (Å²) in [7, 11) is -2.92. The lowest BCUT2D eigenvalue weighted by Gasteiger charge is -2.30. The molecule has 9 nitrogen and oxygen atoms in total. The van der Waals surface area contributed by atoms with Gasteiger partial charge in [0.2, 0.25) is 0 Å². The normalized spacial score (nSPS) is 16.2. The number of aromatic nitrogens is 4. The summed E-state index contributed by atoms with van der Waals surface area (Å²) in [5, 5.41) is 15.6. The molecule has 0 radical (unpaired) electrons. The Morgan fingerprint density at radius 2 is 2.10 bits per heavy atom. The number of benzene rings is 1. The maximum Gasteiger partial charge on any atom is 0.178 e. The van der Waals surface area contributed by atoms with Crippen LogP contribution in [0.3, 0.4) is 0 Å². The summed E-state index contributed by atoms with van der Waals surface area (Å²) in [4.78, 5) is 6.35. The summed E-state index contributed by atoms with van der Waals surface area (Å²) in [5.41, 5.74) is 4.70. The molecular formula is C20H20N6O3S. The molecule has 3 aromatic heterocycles. The number of nitrogens with zero attached hydrogens (tertiary/aromatic N) is 4. The molecule has 0 unspecified atom stereocenters. The summed E-state index contributed by atoms with van der Waals surface area (Å²) in [6.07, 6.45) is 2.23. The van der Waals surface area contributed by atoms with Crippen molar-refractivity contribution >= 4 is 43.3 Å². The Morgan fingerprint density at radius 1 is 1.27 bits per heavy atom. The van der Waals surface area contributed by atoms with Crippen LogP contribution in [-0.4, -0.2) is 58.3 Å². The van der Waals surface area contributed by atoms with Crippen LogP contribution in [0.5, 0.6) is 0 Å². The summed E-state index contributed by atoms with van der Waals surface area (Å²) < 4.78 is 28.8. The van der Waals surface area contributed by atoms with Gasteiger partial charge in [-0.3, -0.25) is 10.1 Å². The zero-order valence-electron chi connectivity index (χ0n) is 16.1. The first-order valence-corrected chi connectivity index (χ1v) is 11.4. The van der Waals surface area contributed by atoms with Gasteiger partial charge in [0, 0.05) is 48.5 Å². The van der Waals surface area contributed by atoms with Gasteiger partial charge < -0.3 is 14.7 Å². The second-order valence-electron chi connectivity index (χ2n) is 7.32. The third-order valence-corrected chi connectivity index (χ3v) is 6.90. The molecule has 2 N–H and O–H groups in total. The van der Waals surface area contributed by atoms with Crippen LogP contribution >= 0.6 is 0 Å². The Morgan fingerprint density at radius 3 is 2.93 bits per heavy atom. The minimum atomic E-state index is -2.92. The Kier molecular flexibility index (Phi) is 4.43. The molecule has 5 rings (SSSR count). The molecular weight excluding hydrogens is 404 g/mol. The number of sulfone groups is 1. The molecule has 0 spiro atoms. The highest BCUT2D eigenvalue weighted by atomic mass is 32.2. The van der Waals surface area contributed by atoms with E-state index < -0.39 is 9.84 Å². The molecule has 1 fully saturated rings. The number of hydrogen-bond acceptors (Lipinski definition) is 8. The maximum atomic E-state index is 11.6. The zero-order valence-corrected chi connectivity index (χ0v) is 16.9. The second-order valence-corrected chi connectivity index (χ2v) is 9.62. The quantitative estimate of drug-likeness (QED) is 0.502. The van der Waals surface area contributed by atoms with Crippen molar-refractivity contribution in [3.05, 3.63) is 54.5 Å². The third-order valence-electron chi connectivity index (χ3n) is 5.29. The van der Waals surface area contributed by atoms with E-state index in [0.717, 1.165) is 33.5 Å². The number of rotatable bonds is 5. The summed E-state index contributed by atoms with van der Waals surface area (Å²) >= 11 is 0. The molecule has 0 atom stereocenters. The lowest BCUT2D eigenvalue weighted by Crippen LogP contribution is -2.39. The summed E-state index contributed by atoms with van der Waals surface area (Å²) in [6, 6.07) is 9.51. The first-order valence-electron chi connectivity index (χ1n) is 9.56. The molecule has 4 heterocycles. The minimum absolute atomic E-state index is 0.164. The van der Waals surface area contributed by atoms with Crippen molar-refractivity contribution in [3.8, 4) is 0 Å². The topological polar surface area (TPSA) is 117 Å². The number of pyridine rings is 1. The molecule has 0 saturated carbocycles. The van der Waals surface area contributed by atoms with Gasteiger partial charge in [0.1, 0.15) is 5.52 Å². The summed E-state index contributed by atoms with van der Waals surface area (Å²) in [5.74, 6) is 0.965. The number of H-pyrrole nitrogens is 1. The summed E-state index contributed by atoms with van der Waals surface area (Å²) in [6.45, 7) is 5.06. The number of fused-ring (bicyclic) bond motifs is 2. The SMILES string of the molecule is C=C(Cc1noc2cc(Nc3n[nH]c4cccnc34)ccc12)N1CCS(=O)(=O)CC1. The van der Waals surface area contributed by atoms with Crippen molar-refractivity contribution < 1.29 is 12.9 Å². The number of nitrogens with one attached hydrogen (secondary N) is 2. The highest BCUT2D eigenvalue weighted by Crippen LogP contribution is 2.28. The van der Waals surface area contributed by atoms with Gasteiger partial charge >= 0.3 is 0 Å². The smallest absolute Gasteiger partial charge is 0.178 e. The fourth-order valence-corrected chi connectivity index (χ4v) is 4.81. The van der Waals surface area contributed by atoms with E-state index in [1.165, 1.54) is 0 Å². The van der Waals surface area contributed by atoms with E-state index in [-0.39, 0.29) is 11.5 Å². The first kappa shape index (κ1) is 18.6. The lowest BCUT2D eigenvalue weighted by molar-refractivity contribution is 0.359. The fraction of sp³-hybridized carbons (Fsp3) is 0.250. The Hall–Kier alpha value is -3.40. The van der Waals surface area contributed by atoms with Gasteiger partial charge in [0.05, 0.1) is 22.7 Å². The number of anilines is 2. The van der Waals surface area contributed by atoms with E-state index in [1.54, 1.807) is 6.20 Å². The molecule has 154 valence electrons. The molecule has 0 amide bonds. The highest BCUT2D eigenvalue weighted by Gasteiger charge is 2.23. The Balaban J connectivity index is 1.33. The van der Waals surface area contributed by atoms with Gasteiger partial charge in [-0.05, 0) is 24.3 Å². The molecule has 1 aliphatic heterocycles. The van der Waals surface area contributed by atoms with Crippen molar-refractivity contribution in [2.75, 3.05) is 29.9 Å². The minimum Gasteiger partial charge on any atom is -0.373 e. The van der Waals surface area contributed by atoms with Crippen LogP contribution in [0.4, 0.5) is 11.5 Å². The molecule has 0 aliphatic carbocycles. The maximum absolute atomic E-state index is 11.6. The number of hydrogen-bond donors (Lipinski definition) is 2. The largest absolute Gasteiger partial charge is 0.373 e. The standard InChI is InChI=1S/C20H20N6O3S/c1-13(26-7-9-30(27,28)10-8-26)11-17-15-5-4-14(12-18(15)29-25-17)22-20-19-16(23-24-20)3-2-6-21-19/h2-6,12H,1,7-11H2,(H2,22,23,24). The van der Waals surface area contributed by atoms with Crippen LogP contribution in [-0.2, 0) is 16.3 Å². The van der Waals surface area contributed by atoms with Crippen LogP contribution in [0.15, 0.2) is 53.3 Å². The van der Waals surface area contributed by atoms with Gasteiger partial charge in [-0.25, -0.2) is 8.42 Å². The van der Waals surface area contributed by atoms with Crippen molar-refractivity contribution in [3.63, 3.8) is 0 Å². The molecule has 1 saturated heterocycles. The highest BCUT2D eigenvalue weighted by molar-refractivity contribution is 7.91. The lowest BCUT2D eigenvalue weighted by atomic mass is 10.1. The first-order chi connectivity index (χ1) is 14.5. The molecule has 4 aromatic rings. The van der Waals surface area contributed by atoms with Gasteiger partial charge in [-0.15, -0.1) is 0 Å². The second kappa shape index (κ2) is 7.13. The average Bonchev–Trinajstić information content (AvgIpc) is 3.32. The van der Waals surface area contributed by atoms with E-state index in [4.69, 9.17) is 4.52 Å². The van der Waals surface area contributed by atoms with Crippen LogP contribution in [0.2, 0.25) is 0 Å². The molecule has 0 bridgehead atoms. The van der Waals surface area contributed by atoms with Crippen molar-refractivity contribution in [2.24, 2.45) is 0 Å². The molecule has 10 heteroatoms. The average molecular weight is 424 g/mol. The van der Waals surface area contributed by atoms with E-state index >= 15 is 0 Å². The zero-order chi connectivity index (χ0) is 20.7. The third kappa shape index (κ3) is 3.50. The predicted molar refractivity (Wildman–Crippen MR) is 114 cm³/mol. The van der Waals surface area contributed by atoms with Crippen molar-refractivity contribution in [2.45, 2.75) is 6.42 Å². The molecule has 1 aromatic carbocycles. The van der Waals surface area contributed by atoms with E-state index in [0.29, 0.717) is 30.9 Å². The van der Waals surface area contributed by atoms with Crippen LogP contribution in [0, 0.1) is 0 Å². The van der Waals surface area contributed by atoms with Crippen LogP contribution in [0.25, 0.3) is 22.0 Å². The van der Waals surface area contributed by atoms with Gasteiger partial charge in [-0.2, -0.15) is 5.10 Å². The fourth-order valence-electron chi connectivity index (χ4n) is 3.61. The molecule has 30 heavy (non-hydrogen) atoms. The van der Waals surface area contributed by atoms with E-state index in [1.807, 2.05) is 35.2 Å². The van der Waals surface area contributed by atoms with Gasteiger partial charge in [-0.1, -0.05) is 11.7 Å². The predicted octanol–water partition coefficient (Wildman–Crippen LogP) is 2.63. The number of allylic oxidation sites excluding steroid dienone is 1. The monoisotopic (exact) mass is 424 g/mol. The van der Waals surface area contributed by atoms with Gasteiger partial charge in [0.25, 0.3) is 0 Å². The van der Waals surface area contributed by atoms with Crippen molar-refractivity contribution in [1.29, 1.82) is 0 Å². The van der Waals surface area contributed by atoms with E-state index in [2.05, 4.69) is 32.2 Å². The van der Waals surface area contributed by atoms with Gasteiger partial charge in [0.15, 0.2) is 21.2 Å². The van der Waals surface area contributed by atoms with Crippen LogP contribution in [0.1, 0.15) is 5.69 Å². The Labute approximate surface area is 172 Å².